The lowest BCUT2D eigenvalue weighted by Gasteiger charge is -2.21. The number of aryl methyl sites for hydroxylation is 1. The Morgan fingerprint density at radius 3 is 2.12 bits per heavy atom. The van der Waals surface area contributed by atoms with Crippen LogP contribution in [0.5, 0.6) is 11.5 Å². The quantitative estimate of drug-likeness (QED) is 0.779. The summed E-state index contributed by atoms with van der Waals surface area (Å²) >= 11 is 0. The van der Waals surface area contributed by atoms with Crippen molar-refractivity contribution in [3.8, 4) is 11.5 Å². The molecule has 0 spiro atoms. The molecule has 0 aliphatic heterocycles. The Balaban J connectivity index is 1.97. The van der Waals surface area contributed by atoms with Crippen LogP contribution in [0.15, 0.2) is 48.5 Å². The molecule has 0 aromatic heterocycles. The van der Waals surface area contributed by atoms with Crippen LogP contribution in [0, 0.1) is 0 Å². The lowest BCUT2D eigenvalue weighted by molar-refractivity contribution is -0.128. The fourth-order valence-corrected chi connectivity index (χ4v) is 2.57. The molecule has 1 N–H and O–H groups in total. The predicted octanol–water partition coefficient (Wildman–Crippen LogP) is 4.29. The summed E-state index contributed by atoms with van der Waals surface area (Å²) in [5.41, 5.74) is 2.38. The van der Waals surface area contributed by atoms with Crippen LogP contribution in [-0.4, -0.2) is 19.1 Å². The van der Waals surface area contributed by atoms with Gasteiger partial charge in [0.15, 0.2) is 6.10 Å². The number of carbonyl (C=O) groups is 1. The number of amides is 1. The van der Waals surface area contributed by atoms with E-state index in [1.165, 1.54) is 5.56 Å². The highest BCUT2D eigenvalue weighted by molar-refractivity contribution is 5.81. The van der Waals surface area contributed by atoms with Crippen molar-refractivity contribution >= 4 is 5.91 Å². The average Bonchev–Trinajstić information content (AvgIpc) is 2.66. The number of ether oxygens (including phenoxy) is 2. The molecule has 0 aliphatic rings. The summed E-state index contributed by atoms with van der Waals surface area (Å²) in [4.78, 5) is 12.5. The van der Waals surface area contributed by atoms with Crippen LogP contribution in [0.3, 0.4) is 0 Å². The van der Waals surface area contributed by atoms with E-state index in [4.69, 9.17) is 9.47 Å². The van der Waals surface area contributed by atoms with Gasteiger partial charge in [0.25, 0.3) is 5.91 Å². The summed E-state index contributed by atoms with van der Waals surface area (Å²) in [6.45, 7) is 6.05. The Morgan fingerprint density at radius 1 is 1.00 bits per heavy atom. The molecule has 0 unspecified atom stereocenters. The van der Waals surface area contributed by atoms with Crippen LogP contribution in [0.25, 0.3) is 0 Å². The summed E-state index contributed by atoms with van der Waals surface area (Å²) in [5, 5.41) is 3.04. The zero-order chi connectivity index (χ0) is 18.2. The van der Waals surface area contributed by atoms with Crippen molar-refractivity contribution in [2.24, 2.45) is 0 Å². The van der Waals surface area contributed by atoms with Gasteiger partial charge in [-0.15, -0.1) is 0 Å². The normalized spacial score (nSPS) is 13.0. The van der Waals surface area contributed by atoms with Crippen LogP contribution in [0.2, 0.25) is 0 Å². The van der Waals surface area contributed by atoms with Gasteiger partial charge < -0.3 is 14.8 Å². The summed E-state index contributed by atoms with van der Waals surface area (Å²) in [6, 6.07) is 15.5. The number of hydrogen-bond donors (Lipinski definition) is 1. The first-order chi connectivity index (χ1) is 12.1. The molecule has 0 saturated carbocycles. The molecule has 2 rings (SSSR count). The van der Waals surface area contributed by atoms with Crippen molar-refractivity contribution in [1.82, 2.24) is 5.32 Å². The minimum atomic E-state index is -0.522. The molecule has 0 heterocycles. The third-order valence-corrected chi connectivity index (χ3v) is 4.25. The lowest BCUT2D eigenvalue weighted by atomic mass is 10.0. The molecule has 4 heteroatoms. The van der Waals surface area contributed by atoms with Gasteiger partial charge in [0.1, 0.15) is 11.5 Å². The van der Waals surface area contributed by atoms with Gasteiger partial charge in [-0.3, -0.25) is 4.79 Å². The molecule has 2 aromatic carbocycles. The molecule has 0 radical (unpaired) electrons. The maximum atomic E-state index is 12.5. The van der Waals surface area contributed by atoms with Gasteiger partial charge in [0, 0.05) is 0 Å². The largest absolute Gasteiger partial charge is 0.497 e. The highest BCUT2D eigenvalue weighted by atomic mass is 16.5. The summed E-state index contributed by atoms with van der Waals surface area (Å²) in [5.74, 6) is 1.31. The van der Waals surface area contributed by atoms with Crippen molar-refractivity contribution in [3.05, 3.63) is 59.7 Å². The molecule has 0 aliphatic carbocycles. The van der Waals surface area contributed by atoms with Gasteiger partial charge >= 0.3 is 0 Å². The summed E-state index contributed by atoms with van der Waals surface area (Å²) in [6.07, 6.45) is 1.08. The third-order valence-electron chi connectivity index (χ3n) is 4.25. The number of hydrogen-bond acceptors (Lipinski definition) is 3. The maximum absolute atomic E-state index is 12.5. The Bertz CT molecular complexity index is 665. The van der Waals surface area contributed by atoms with Gasteiger partial charge in [0.05, 0.1) is 13.2 Å². The zero-order valence-electron chi connectivity index (χ0n) is 15.4. The second kappa shape index (κ2) is 9.11. The van der Waals surface area contributed by atoms with Gasteiger partial charge in [-0.25, -0.2) is 0 Å². The fraction of sp³-hybridized carbons (Fsp3) is 0.381. The SMILES string of the molecule is CCc1ccc([C@@H](C)NC(=O)[C@@H](CC)Oc2ccc(OC)cc2)cc1. The van der Waals surface area contributed by atoms with E-state index in [2.05, 4.69) is 36.5 Å². The van der Waals surface area contributed by atoms with Crippen LogP contribution in [0.4, 0.5) is 0 Å². The standard InChI is InChI=1S/C21H27NO3/c1-5-16-7-9-17(10-8-16)15(3)22-21(23)20(6-2)25-19-13-11-18(24-4)12-14-19/h7-15,20H,5-6H2,1-4H3,(H,22,23)/t15-,20-/m1/s1. The molecule has 0 fully saturated rings. The van der Waals surface area contributed by atoms with Gasteiger partial charge in [0.2, 0.25) is 0 Å². The van der Waals surface area contributed by atoms with E-state index >= 15 is 0 Å². The van der Waals surface area contributed by atoms with Gasteiger partial charge in [-0.1, -0.05) is 38.1 Å². The van der Waals surface area contributed by atoms with E-state index in [0.29, 0.717) is 12.2 Å². The van der Waals surface area contributed by atoms with Crippen molar-refractivity contribution < 1.29 is 14.3 Å². The molecule has 0 bridgehead atoms. The highest BCUT2D eigenvalue weighted by Crippen LogP contribution is 2.20. The first kappa shape index (κ1) is 18.8. The first-order valence-electron chi connectivity index (χ1n) is 8.77. The molecule has 1 amide bonds. The monoisotopic (exact) mass is 341 g/mol. The smallest absolute Gasteiger partial charge is 0.261 e. The predicted molar refractivity (Wildman–Crippen MR) is 100 cm³/mol. The molecule has 4 nitrogen and oxygen atoms in total. The number of methoxy groups -OCH3 is 1. The Labute approximate surface area is 150 Å². The second-order valence-electron chi connectivity index (χ2n) is 6.02. The van der Waals surface area contributed by atoms with E-state index in [1.807, 2.05) is 38.1 Å². The molecular formula is C21H27NO3. The zero-order valence-corrected chi connectivity index (χ0v) is 15.4. The number of rotatable bonds is 8. The number of benzene rings is 2. The number of nitrogens with one attached hydrogen (secondary N) is 1. The first-order valence-corrected chi connectivity index (χ1v) is 8.77. The van der Waals surface area contributed by atoms with Crippen molar-refractivity contribution in [3.63, 3.8) is 0 Å². The molecule has 0 saturated heterocycles. The van der Waals surface area contributed by atoms with Crippen LogP contribution in [-0.2, 0) is 11.2 Å². The van der Waals surface area contributed by atoms with Crippen LogP contribution in [0.1, 0.15) is 44.4 Å². The topological polar surface area (TPSA) is 47.6 Å². The highest BCUT2D eigenvalue weighted by Gasteiger charge is 2.20. The maximum Gasteiger partial charge on any atom is 0.261 e. The second-order valence-corrected chi connectivity index (χ2v) is 6.02. The molecule has 134 valence electrons. The number of carbonyl (C=O) groups excluding carboxylic acids is 1. The Hall–Kier alpha value is -2.49. The van der Waals surface area contributed by atoms with E-state index in [0.717, 1.165) is 17.7 Å². The lowest BCUT2D eigenvalue weighted by Crippen LogP contribution is -2.39. The van der Waals surface area contributed by atoms with Crippen molar-refractivity contribution in [2.45, 2.75) is 45.8 Å². The van der Waals surface area contributed by atoms with E-state index in [9.17, 15) is 4.79 Å². The molecule has 2 atom stereocenters. The van der Waals surface area contributed by atoms with E-state index in [-0.39, 0.29) is 11.9 Å². The van der Waals surface area contributed by atoms with Crippen LogP contribution < -0.4 is 14.8 Å². The summed E-state index contributed by atoms with van der Waals surface area (Å²) < 4.78 is 11.0. The summed E-state index contributed by atoms with van der Waals surface area (Å²) in [7, 11) is 1.62. The van der Waals surface area contributed by atoms with E-state index < -0.39 is 6.10 Å². The molecule has 25 heavy (non-hydrogen) atoms. The third kappa shape index (κ3) is 5.24. The van der Waals surface area contributed by atoms with Crippen molar-refractivity contribution in [2.75, 3.05) is 7.11 Å². The van der Waals surface area contributed by atoms with Gasteiger partial charge in [-0.2, -0.15) is 0 Å². The van der Waals surface area contributed by atoms with Gasteiger partial charge in [-0.05, 0) is 55.2 Å². The fourth-order valence-electron chi connectivity index (χ4n) is 2.57. The molecular weight excluding hydrogens is 314 g/mol. The van der Waals surface area contributed by atoms with E-state index in [1.54, 1.807) is 7.11 Å². The minimum Gasteiger partial charge on any atom is -0.497 e. The Morgan fingerprint density at radius 2 is 1.60 bits per heavy atom. The Kier molecular flexibility index (Phi) is 6.87. The molecule has 2 aromatic rings. The minimum absolute atomic E-state index is 0.0630. The van der Waals surface area contributed by atoms with Crippen LogP contribution >= 0.6 is 0 Å². The average molecular weight is 341 g/mol. The van der Waals surface area contributed by atoms with Crippen molar-refractivity contribution in [1.29, 1.82) is 0 Å².